The van der Waals surface area contributed by atoms with Crippen LogP contribution in [-0.2, 0) is 4.79 Å². The lowest BCUT2D eigenvalue weighted by atomic mass is 9.79. The smallest absolute Gasteiger partial charge is 0.133 e. The van der Waals surface area contributed by atoms with Crippen molar-refractivity contribution in [3.63, 3.8) is 0 Å². The second-order valence-electron chi connectivity index (χ2n) is 6.20. The lowest BCUT2D eigenvalue weighted by Gasteiger charge is -2.32. The van der Waals surface area contributed by atoms with Crippen LogP contribution in [0.15, 0.2) is 29.5 Å². The molecule has 1 rings (SSSR count). The summed E-state index contributed by atoms with van der Waals surface area (Å²) in [5.74, 6) is 1.78. The second-order valence-corrected chi connectivity index (χ2v) is 6.20. The SMILES string of the molecule is C=CC(=CN=C)N(C)CC1CCC(CC(=O)CCC)CC1. The van der Waals surface area contributed by atoms with E-state index in [0.717, 1.165) is 31.5 Å². The van der Waals surface area contributed by atoms with E-state index in [1.165, 1.54) is 25.7 Å². The first-order valence-corrected chi connectivity index (χ1v) is 8.11. The summed E-state index contributed by atoms with van der Waals surface area (Å²) in [4.78, 5) is 17.8. The van der Waals surface area contributed by atoms with E-state index in [0.29, 0.717) is 17.6 Å². The number of ketones is 1. The van der Waals surface area contributed by atoms with Crippen LogP contribution in [0.25, 0.3) is 0 Å². The number of allylic oxidation sites excluding steroid dienone is 1. The molecule has 118 valence electrons. The van der Waals surface area contributed by atoms with E-state index in [1.807, 2.05) is 6.08 Å². The monoisotopic (exact) mass is 290 g/mol. The number of hydrogen-bond donors (Lipinski definition) is 0. The van der Waals surface area contributed by atoms with Crippen molar-refractivity contribution in [3.05, 3.63) is 24.6 Å². The molecule has 1 aliphatic rings. The molecule has 0 aromatic heterocycles. The minimum Gasteiger partial charge on any atom is -0.373 e. The van der Waals surface area contributed by atoms with Gasteiger partial charge in [0.05, 0.1) is 5.70 Å². The van der Waals surface area contributed by atoms with Gasteiger partial charge in [0.2, 0.25) is 0 Å². The summed E-state index contributed by atoms with van der Waals surface area (Å²) in [6.45, 7) is 10.4. The Morgan fingerprint density at radius 3 is 2.43 bits per heavy atom. The molecular formula is C18H30N2O. The molecule has 3 heteroatoms. The second kappa shape index (κ2) is 9.54. The van der Waals surface area contributed by atoms with Crippen LogP contribution in [0.4, 0.5) is 0 Å². The quantitative estimate of drug-likeness (QED) is 0.470. The lowest BCUT2D eigenvalue weighted by molar-refractivity contribution is -0.120. The predicted molar refractivity (Wildman–Crippen MR) is 90.4 cm³/mol. The third-order valence-electron chi connectivity index (χ3n) is 4.42. The molecule has 3 nitrogen and oxygen atoms in total. The number of nitrogens with zero attached hydrogens (tertiary/aromatic N) is 2. The van der Waals surface area contributed by atoms with Crippen LogP contribution in [0, 0.1) is 11.8 Å². The molecule has 1 aliphatic carbocycles. The molecule has 21 heavy (non-hydrogen) atoms. The first-order chi connectivity index (χ1) is 10.1. The number of carbonyl (C=O) groups is 1. The summed E-state index contributed by atoms with van der Waals surface area (Å²) < 4.78 is 0. The Labute approximate surface area is 129 Å². The third kappa shape index (κ3) is 6.28. The molecule has 0 unspecified atom stereocenters. The zero-order valence-electron chi connectivity index (χ0n) is 13.7. The molecule has 0 aromatic rings. The lowest BCUT2D eigenvalue weighted by Crippen LogP contribution is -2.28. The van der Waals surface area contributed by atoms with E-state index in [2.05, 4.69) is 37.2 Å². The van der Waals surface area contributed by atoms with Crippen LogP contribution in [0.1, 0.15) is 51.9 Å². The van der Waals surface area contributed by atoms with Crippen LogP contribution < -0.4 is 0 Å². The van der Waals surface area contributed by atoms with Crippen molar-refractivity contribution >= 4 is 12.5 Å². The number of carbonyl (C=O) groups excluding carboxylic acids is 1. The first-order valence-electron chi connectivity index (χ1n) is 8.11. The van der Waals surface area contributed by atoms with Crippen molar-refractivity contribution in [3.8, 4) is 0 Å². The Morgan fingerprint density at radius 2 is 1.90 bits per heavy atom. The summed E-state index contributed by atoms with van der Waals surface area (Å²) >= 11 is 0. The van der Waals surface area contributed by atoms with Crippen LogP contribution in [-0.4, -0.2) is 31.0 Å². The third-order valence-corrected chi connectivity index (χ3v) is 4.42. The van der Waals surface area contributed by atoms with Gasteiger partial charge in [-0.2, -0.15) is 0 Å². The van der Waals surface area contributed by atoms with Crippen molar-refractivity contribution in [2.24, 2.45) is 16.8 Å². The topological polar surface area (TPSA) is 32.7 Å². The normalized spacial score (nSPS) is 22.7. The Balaban J connectivity index is 2.36. The number of Topliss-reactive ketones (excluding diaryl/α,β-unsaturated/α-hetero) is 1. The molecule has 0 amide bonds. The Bertz CT molecular complexity index is 379. The van der Waals surface area contributed by atoms with E-state index < -0.39 is 0 Å². The maximum absolute atomic E-state index is 11.7. The Kier molecular flexibility index (Phi) is 8.03. The van der Waals surface area contributed by atoms with Gasteiger partial charge in [0.1, 0.15) is 5.78 Å². The highest BCUT2D eigenvalue weighted by atomic mass is 16.1. The minimum atomic E-state index is 0.451. The standard InChI is InChI=1S/C18H30N2O/c1-5-7-18(21)12-15-8-10-16(11-9-15)14-20(4)17(6-2)13-19-3/h6,13,15-16H,2-3,5,7-12,14H2,1,4H3. The number of rotatable bonds is 9. The van der Waals surface area contributed by atoms with Crippen molar-refractivity contribution in [1.29, 1.82) is 0 Å². The molecule has 0 saturated heterocycles. The van der Waals surface area contributed by atoms with Gasteiger partial charge in [-0.05, 0) is 56.7 Å². The highest BCUT2D eigenvalue weighted by Gasteiger charge is 2.23. The predicted octanol–water partition coefficient (Wildman–Crippen LogP) is 4.21. The molecule has 1 saturated carbocycles. The molecule has 0 atom stereocenters. The molecular weight excluding hydrogens is 260 g/mol. The minimum absolute atomic E-state index is 0.451. The maximum atomic E-state index is 11.7. The number of aliphatic imine (C=N–C) groups is 1. The van der Waals surface area contributed by atoms with Crippen LogP contribution >= 0.6 is 0 Å². The number of likely N-dealkylation sites (N-methyl/N-ethyl adjacent to an activating group) is 1. The van der Waals surface area contributed by atoms with Gasteiger partial charge < -0.3 is 4.90 Å². The van der Waals surface area contributed by atoms with Crippen LogP contribution in [0.3, 0.4) is 0 Å². The first kappa shape index (κ1) is 17.7. The molecule has 1 fully saturated rings. The van der Waals surface area contributed by atoms with Gasteiger partial charge in [0.15, 0.2) is 0 Å². The highest BCUT2D eigenvalue weighted by Crippen LogP contribution is 2.32. The molecule has 0 N–H and O–H groups in total. The molecule has 0 radical (unpaired) electrons. The fourth-order valence-corrected chi connectivity index (χ4v) is 3.21. The van der Waals surface area contributed by atoms with Crippen molar-refractivity contribution < 1.29 is 4.79 Å². The average molecular weight is 290 g/mol. The highest BCUT2D eigenvalue weighted by molar-refractivity contribution is 5.78. The largest absolute Gasteiger partial charge is 0.373 e. The van der Waals surface area contributed by atoms with E-state index in [9.17, 15) is 4.79 Å². The van der Waals surface area contributed by atoms with Crippen LogP contribution in [0.5, 0.6) is 0 Å². The summed E-state index contributed by atoms with van der Waals surface area (Å²) in [6, 6.07) is 0. The van der Waals surface area contributed by atoms with E-state index in [4.69, 9.17) is 0 Å². The zero-order valence-corrected chi connectivity index (χ0v) is 13.7. The average Bonchev–Trinajstić information content (AvgIpc) is 2.47. The summed E-state index contributed by atoms with van der Waals surface area (Å²) in [6.07, 6.45) is 10.9. The van der Waals surface area contributed by atoms with Crippen molar-refractivity contribution in [2.45, 2.75) is 51.9 Å². The molecule has 0 bridgehead atoms. The maximum Gasteiger partial charge on any atom is 0.133 e. The number of hydrogen-bond acceptors (Lipinski definition) is 3. The molecule has 0 heterocycles. The van der Waals surface area contributed by atoms with Gasteiger partial charge >= 0.3 is 0 Å². The van der Waals surface area contributed by atoms with Gasteiger partial charge in [-0.25, -0.2) is 0 Å². The molecule has 0 spiro atoms. The van der Waals surface area contributed by atoms with E-state index >= 15 is 0 Å². The van der Waals surface area contributed by atoms with Gasteiger partial charge in [0.25, 0.3) is 0 Å². The fourth-order valence-electron chi connectivity index (χ4n) is 3.21. The van der Waals surface area contributed by atoms with Gasteiger partial charge in [-0.15, -0.1) is 0 Å². The van der Waals surface area contributed by atoms with Crippen molar-refractivity contribution in [1.82, 2.24) is 4.90 Å². The van der Waals surface area contributed by atoms with E-state index in [1.54, 1.807) is 6.20 Å². The fraction of sp³-hybridized carbons (Fsp3) is 0.667. The Hall–Kier alpha value is -1.38. The summed E-state index contributed by atoms with van der Waals surface area (Å²) in [5, 5.41) is 0. The molecule has 0 aliphatic heterocycles. The summed E-state index contributed by atoms with van der Waals surface area (Å²) in [5.41, 5.74) is 1.02. The van der Waals surface area contributed by atoms with Gasteiger partial charge in [-0.1, -0.05) is 13.5 Å². The van der Waals surface area contributed by atoms with Crippen molar-refractivity contribution in [2.75, 3.05) is 13.6 Å². The summed E-state index contributed by atoms with van der Waals surface area (Å²) in [7, 11) is 2.08. The zero-order chi connectivity index (χ0) is 15.7. The molecule has 0 aromatic carbocycles. The van der Waals surface area contributed by atoms with Gasteiger partial charge in [0, 0.05) is 32.6 Å². The van der Waals surface area contributed by atoms with Crippen LogP contribution in [0.2, 0.25) is 0 Å². The van der Waals surface area contributed by atoms with Gasteiger partial charge in [-0.3, -0.25) is 9.79 Å². The van der Waals surface area contributed by atoms with E-state index in [-0.39, 0.29) is 0 Å². The Morgan fingerprint density at radius 1 is 1.29 bits per heavy atom.